The second-order valence-corrected chi connectivity index (χ2v) is 5.82. The van der Waals surface area contributed by atoms with Crippen molar-refractivity contribution in [1.29, 1.82) is 0 Å². The molecule has 0 aliphatic carbocycles. The maximum absolute atomic E-state index is 12.0. The molecule has 0 bridgehead atoms. The second-order valence-electron chi connectivity index (χ2n) is 5.82. The Morgan fingerprint density at radius 2 is 1.76 bits per heavy atom. The molecular formula is C17H24O4. The van der Waals surface area contributed by atoms with Crippen LogP contribution in [-0.4, -0.2) is 32.1 Å². The zero-order valence-electron chi connectivity index (χ0n) is 13.1. The third kappa shape index (κ3) is 3.63. The van der Waals surface area contributed by atoms with Crippen molar-refractivity contribution < 1.29 is 19.0 Å². The van der Waals surface area contributed by atoms with E-state index < -0.39 is 0 Å². The Morgan fingerprint density at radius 1 is 1.10 bits per heavy atom. The number of hydrogen-bond donors (Lipinski definition) is 0. The first-order valence-electron chi connectivity index (χ1n) is 7.45. The maximum Gasteiger partial charge on any atom is 0.338 e. The van der Waals surface area contributed by atoms with E-state index in [0.29, 0.717) is 23.3 Å². The lowest BCUT2D eigenvalue weighted by molar-refractivity contribution is -0.244. The van der Waals surface area contributed by atoms with Crippen molar-refractivity contribution in [2.45, 2.75) is 33.2 Å². The molecule has 0 aromatic heterocycles. The Balaban J connectivity index is 1.94. The first-order chi connectivity index (χ1) is 10.0. The van der Waals surface area contributed by atoms with Crippen LogP contribution in [0.4, 0.5) is 0 Å². The smallest absolute Gasteiger partial charge is 0.338 e. The molecule has 5 unspecified atom stereocenters. The van der Waals surface area contributed by atoms with Crippen LogP contribution in [-0.2, 0) is 14.2 Å². The normalized spacial score (nSPS) is 32.7. The summed E-state index contributed by atoms with van der Waals surface area (Å²) in [5.41, 5.74) is 0.561. The largest absolute Gasteiger partial charge is 0.459 e. The molecule has 1 aliphatic heterocycles. The molecule has 0 saturated carbocycles. The van der Waals surface area contributed by atoms with Gasteiger partial charge in [-0.05, 0) is 24.0 Å². The van der Waals surface area contributed by atoms with E-state index in [2.05, 4.69) is 20.8 Å². The molecule has 1 heterocycles. The minimum absolute atomic E-state index is 0.131. The van der Waals surface area contributed by atoms with E-state index >= 15 is 0 Å². The second kappa shape index (κ2) is 7.05. The van der Waals surface area contributed by atoms with Crippen molar-refractivity contribution in [2.24, 2.45) is 17.8 Å². The van der Waals surface area contributed by atoms with Gasteiger partial charge in [0.1, 0.15) is 6.61 Å². The average molecular weight is 292 g/mol. The van der Waals surface area contributed by atoms with Crippen LogP contribution in [0.2, 0.25) is 0 Å². The minimum atomic E-state index is -0.313. The number of esters is 1. The van der Waals surface area contributed by atoms with E-state index in [1.165, 1.54) is 0 Å². The summed E-state index contributed by atoms with van der Waals surface area (Å²) in [5.74, 6) is 0.775. The molecule has 0 spiro atoms. The van der Waals surface area contributed by atoms with Crippen molar-refractivity contribution in [1.82, 2.24) is 0 Å². The van der Waals surface area contributed by atoms with Crippen LogP contribution in [0, 0.1) is 17.8 Å². The number of ether oxygens (including phenoxy) is 3. The maximum atomic E-state index is 12.0. The van der Waals surface area contributed by atoms with Gasteiger partial charge in [0.05, 0.1) is 11.7 Å². The molecule has 0 N–H and O–H groups in total. The van der Waals surface area contributed by atoms with E-state index in [1.807, 2.05) is 18.2 Å². The quantitative estimate of drug-likeness (QED) is 0.800. The third-order valence-corrected chi connectivity index (χ3v) is 4.60. The van der Waals surface area contributed by atoms with Crippen LogP contribution in [0.1, 0.15) is 31.1 Å². The molecule has 1 fully saturated rings. The van der Waals surface area contributed by atoms with E-state index in [9.17, 15) is 4.79 Å². The molecule has 116 valence electrons. The lowest BCUT2D eigenvalue weighted by Crippen LogP contribution is -2.47. The fraction of sp³-hybridized carbons (Fsp3) is 0.588. The predicted octanol–water partition coefficient (Wildman–Crippen LogP) is 3.12. The van der Waals surface area contributed by atoms with Gasteiger partial charge in [0.25, 0.3) is 0 Å². The Bertz CT molecular complexity index is 457. The lowest BCUT2D eigenvalue weighted by atomic mass is 9.79. The molecule has 0 radical (unpaired) electrons. The highest BCUT2D eigenvalue weighted by molar-refractivity contribution is 5.89. The van der Waals surface area contributed by atoms with Gasteiger partial charge < -0.3 is 14.2 Å². The molecule has 5 atom stereocenters. The Hall–Kier alpha value is -1.39. The summed E-state index contributed by atoms with van der Waals surface area (Å²) in [6, 6.07) is 9.00. The molecule has 1 saturated heterocycles. The van der Waals surface area contributed by atoms with Gasteiger partial charge in [-0.15, -0.1) is 0 Å². The molecule has 4 nitrogen and oxygen atoms in total. The topological polar surface area (TPSA) is 44.8 Å². The van der Waals surface area contributed by atoms with Crippen LogP contribution in [0.15, 0.2) is 30.3 Å². The number of rotatable bonds is 4. The number of hydrogen-bond acceptors (Lipinski definition) is 4. The van der Waals surface area contributed by atoms with Crippen molar-refractivity contribution in [3.63, 3.8) is 0 Å². The van der Waals surface area contributed by atoms with Gasteiger partial charge in [0.2, 0.25) is 0 Å². The van der Waals surface area contributed by atoms with Gasteiger partial charge in [-0.2, -0.15) is 0 Å². The van der Waals surface area contributed by atoms with Crippen molar-refractivity contribution in [2.75, 3.05) is 13.7 Å². The zero-order chi connectivity index (χ0) is 15.4. The molecule has 1 aliphatic rings. The van der Waals surface area contributed by atoms with Crippen molar-refractivity contribution in [3.8, 4) is 0 Å². The molecule has 2 rings (SSSR count). The minimum Gasteiger partial charge on any atom is -0.459 e. The SMILES string of the molecule is COC1OC(COC(=O)c2ccccc2)C(C)C(C)C1C. The Morgan fingerprint density at radius 3 is 2.38 bits per heavy atom. The predicted molar refractivity (Wildman–Crippen MR) is 79.9 cm³/mol. The molecule has 1 aromatic rings. The highest BCUT2D eigenvalue weighted by atomic mass is 16.7. The highest BCUT2D eigenvalue weighted by Crippen LogP contribution is 2.35. The number of methoxy groups -OCH3 is 1. The zero-order valence-corrected chi connectivity index (χ0v) is 13.1. The van der Waals surface area contributed by atoms with Gasteiger partial charge in [0, 0.05) is 13.0 Å². The van der Waals surface area contributed by atoms with Crippen molar-refractivity contribution in [3.05, 3.63) is 35.9 Å². The fourth-order valence-corrected chi connectivity index (χ4v) is 2.76. The number of benzene rings is 1. The van der Waals surface area contributed by atoms with Crippen molar-refractivity contribution >= 4 is 5.97 Å². The van der Waals surface area contributed by atoms with Crippen LogP contribution in [0.5, 0.6) is 0 Å². The van der Waals surface area contributed by atoms with Gasteiger partial charge in [-0.3, -0.25) is 0 Å². The van der Waals surface area contributed by atoms with Gasteiger partial charge in [-0.1, -0.05) is 39.0 Å². The summed E-state index contributed by atoms with van der Waals surface area (Å²) in [6.45, 7) is 6.71. The summed E-state index contributed by atoms with van der Waals surface area (Å²) in [4.78, 5) is 12.0. The molecule has 4 heteroatoms. The number of carbonyl (C=O) groups is 1. The first kappa shape index (κ1) is 16.0. The Kier molecular flexibility index (Phi) is 5.37. The Labute approximate surface area is 126 Å². The molecule has 1 aromatic carbocycles. The highest BCUT2D eigenvalue weighted by Gasteiger charge is 2.39. The van der Waals surface area contributed by atoms with Gasteiger partial charge in [-0.25, -0.2) is 4.79 Å². The van der Waals surface area contributed by atoms with Gasteiger partial charge >= 0.3 is 5.97 Å². The third-order valence-electron chi connectivity index (χ3n) is 4.60. The lowest BCUT2D eigenvalue weighted by Gasteiger charge is -2.42. The first-order valence-corrected chi connectivity index (χ1v) is 7.45. The van der Waals surface area contributed by atoms with E-state index in [4.69, 9.17) is 14.2 Å². The standard InChI is InChI=1S/C17H24O4/c1-11-12(2)15(21-17(19-4)13(11)3)10-20-16(18)14-8-6-5-7-9-14/h5-9,11-13,15,17H,10H2,1-4H3. The summed E-state index contributed by atoms with van der Waals surface area (Å²) >= 11 is 0. The summed E-state index contributed by atoms with van der Waals surface area (Å²) < 4.78 is 16.7. The van der Waals surface area contributed by atoms with Gasteiger partial charge in [0.15, 0.2) is 6.29 Å². The molecule has 0 amide bonds. The van der Waals surface area contributed by atoms with E-state index in [1.54, 1.807) is 19.2 Å². The summed E-state index contributed by atoms with van der Waals surface area (Å²) in [7, 11) is 1.65. The van der Waals surface area contributed by atoms with Crippen LogP contribution in [0.3, 0.4) is 0 Å². The molecule has 21 heavy (non-hydrogen) atoms. The monoisotopic (exact) mass is 292 g/mol. The van der Waals surface area contributed by atoms with Crippen LogP contribution < -0.4 is 0 Å². The van der Waals surface area contributed by atoms with E-state index in [-0.39, 0.29) is 25.0 Å². The fourth-order valence-electron chi connectivity index (χ4n) is 2.76. The average Bonchev–Trinajstić information content (AvgIpc) is 2.52. The summed E-state index contributed by atoms with van der Waals surface area (Å²) in [6.07, 6.45) is -0.370. The van der Waals surface area contributed by atoms with Crippen LogP contribution >= 0.6 is 0 Å². The van der Waals surface area contributed by atoms with Crippen LogP contribution in [0.25, 0.3) is 0 Å². The summed E-state index contributed by atoms with van der Waals surface area (Å²) in [5, 5.41) is 0. The number of carbonyl (C=O) groups excluding carboxylic acids is 1. The van der Waals surface area contributed by atoms with E-state index in [0.717, 1.165) is 0 Å². The molecular weight excluding hydrogens is 268 g/mol.